The molecule has 0 aromatic heterocycles. The van der Waals surface area contributed by atoms with Crippen LogP contribution in [0.2, 0.25) is 0 Å². The molecule has 0 saturated heterocycles. The molecule has 0 spiro atoms. The average molecular weight is 275 g/mol. The maximum Gasteiger partial charge on any atom is 0.303 e. The molecule has 3 heteroatoms. The number of rotatable bonds is 6. The van der Waals surface area contributed by atoms with Gasteiger partial charge in [0.15, 0.2) is 0 Å². The van der Waals surface area contributed by atoms with Crippen LogP contribution in [-0.2, 0) is 11.2 Å². The summed E-state index contributed by atoms with van der Waals surface area (Å²) in [5.74, 6) is -0.191. The predicted octanol–water partition coefficient (Wildman–Crippen LogP) is 3.09. The van der Waals surface area contributed by atoms with E-state index in [0.29, 0.717) is 12.5 Å². The molecule has 110 valence electrons. The molecule has 0 bridgehead atoms. The highest BCUT2D eigenvalue weighted by atomic mass is 16.4. The number of hydrogen-bond donors (Lipinski definition) is 2. The molecule has 0 heterocycles. The van der Waals surface area contributed by atoms with Gasteiger partial charge in [-0.1, -0.05) is 44.2 Å². The van der Waals surface area contributed by atoms with Gasteiger partial charge in [-0.25, -0.2) is 0 Å². The van der Waals surface area contributed by atoms with Gasteiger partial charge in [0, 0.05) is 0 Å². The Bertz CT molecular complexity index is 461. The minimum atomic E-state index is -0.729. The SMILES string of the molecule is CC(C)[C@]1(Cc2ccccc2)C[C@](CN)(CC(=O)O)C1. The van der Waals surface area contributed by atoms with Crippen LogP contribution < -0.4 is 5.73 Å². The second kappa shape index (κ2) is 5.57. The molecule has 2 rings (SSSR count). The zero-order valence-electron chi connectivity index (χ0n) is 12.4. The molecular weight excluding hydrogens is 250 g/mol. The molecule has 0 radical (unpaired) electrons. The Labute approximate surface area is 121 Å². The molecule has 0 amide bonds. The highest BCUT2D eigenvalue weighted by molar-refractivity contribution is 5.68. The zero-order chi connectivity index (χ0) is 14.8. The van der Waals surface area contributed by atoms with E-state index in [1.54, 1.807) is 0 Å². The van der Waals surface area contributed by atoms with Crippen LogP contribution in [0, 0.1) is 16.7 Å². The normalized spacial score (nSPS) is 29.2. The summed E-state index contributed by atoms with van der Waals surface area (Å²) in [6.07, 6.45) is 3.07. The van der Waals surface area contributed by atoms with Crippen molar-refractivity contribution < 1.29 is 9.90 Å². The molecule has 1 saturated carbocycles. The Morgan fingerprint density at radius 3 is 2.35 bits per heavy atom. The minimum absolute atomic E-state index is 0.190. The lowest BCUT2D eigenvalue weighted by Crippen LogP contribution is -2.55. The molecule has 0 aliphatic heterocycles. The number of aliphatic carboxylic acids is 1. The second-order valence-corrected chi connectivity index (χ2v) is 6.81. The van der Waals surface area contributed by atoms with Crippen molar-refractivity contribution in [2.24, 2.45) is 22.5 Å². The van der Waals surface area contributed by atoms with Crippen LogP contribution in [-0.4, -0.2) is 17.6 Å². The first kappa shape index (κ1) is 15.0. The van der Waals surface area contributed by atoms with Crippen LogP contribution in [0.1, 0.15) is 38.7 Å². The van der Waals surface area contributed by atoms with E-state index in [9.17, 15) is 4.79 Å². The number of carboxylic acid groups (broad SMARTS) is 1. The maximum absolute atomic E-state index is 11.1. The van der Waals surface area contributed by atoms with Gasteiger partial charge in [0.2, 0.25) is 0 Å². The van der Waals surface area contributed by atoms with Gasteiger partial charge >= 0.3 is 5.97 Å². The summed E-state index contributed by atoms with van der Waals surface area (Å²) in [6, 6.07) is 10.5. The van der Waals surface area contributed by atoms with Gasteiger partial charge in [0.1, 0.15) is 0 Å². The number of carbonyl (C=O) groups is 1. The van der Waals surface area contributed by atoms with Gasteiger partial charge in [-0.2, -0.15) is 0 Å². The summed E-state index contributed by atoms with van der Waals surface area (Å²) in [6.45, 7) is 4.96. The second-order valence-electron chi connectivity index (χ2n) is 6.81. The Balaban J connectivity index is 2.13. The third-order valence-corrected chi connectivity index (χ3v) is 5.04. The highest BCUT2D eigenvalue weighted by Crippen LogP contribution is 2.60. The van der Waals surface area contributed by atoms with Crippen LogP contribution >= 0.6 is 0 Å². The molecule has 1 aliphatic carbocycles. The molecule has 3 nitrogen and oxygen atoms in total. The topological polar surface area (TPSA) is 63.3 Å². The van der Waals surface area contributed by atoms with Crippen molar-refractivity contribution >= 4 is 5.97 Å². The van der Waals surface area contributed by atoms with Gasteiger partial charge in [-0.05, 0) is 48.1 Å². The lowest BCUT2D eigenvalue weighted by atomic mass is 9.46. The summed E-state index contributed by atoms with van der Waals surface area (Å²) in [4.78, 5) is 11.1. The molecule has 0 atom stereocenters. The quantitative estimate of drug-likeness (QED) is 0.838. The standard InChI is InChI=1S/C17H25NO2/c1-13(2)17(8-14-6-4-3-5-7-14)10-16(11-17,12-18)9-15(19)20/h3-7,13H,8-12,18H2,1-2H3,(H,19,20)/t16-,17-. The van der Waals surface area contributed by atoms with Gasteiger partial charge in [-0.3, -0.25) is 4.79 Å². The summed E-state index contributed by atoms with van der Waals surface area (Å²) in [5.41, 5.74) is 7.22. The number of carboxylic acids is 1. The van der Waals surface area contributed by atoms with Crippen molar-refractivity contribution in [2.75, 3.05) is 6.54 Å². The zero-order valence-corrected chi connectivity index (χ0v) is 12.4. The molecular formula is C17H25NO2. The fraction of sp³-hybridized carbons (Fsp3) is 0.588. The molecule has 20 heavy (non-hydrogen) atoms. The first-order valence-electron chi connectivity index (χ1n) is 7.37. The Morgan fingerprint density at radius 1 is 1.30 bits per heavy atom. The fourth-order valence-electron chi connectivity index (χ4n) is 3.84. The minimum Gasteiger partial charge on any atom is -0.481 e. The van der Waals surface area contributed by atoms with Crippen molar-refractivity contribution in [3.8, 4) is 0 Å². The van der Waals surface area contributed by atoms with E-state index in [4.69, 9.17) is 10.8 Å². The van der Waals surface area contributed by atoms with Crippen LogP contribution in [0.25, 0.3) is 0 Å². The lowest BCUT2D eigenvalue weighted by Gasteiger charge is -2.58. The monoisotopic (exact) mass is 275 g/mol. The van der Waals surface area contributed by atoms with Crippen LogP contribution in [0.3, 0.4) is 0 Å². The predicted molar refractivity (Wildman–Crippen MR) is 80.4 cm³/mol. The first-order chi connectivity index (χ1) is 9.41. The van der Waals surface area contributed by atoms with Crippen molar-refractivity contribution in [2.45, 2.75) is 39.5 Å². The molecule has 1 aromatic rings. The summed E-state index contributed by atoms with van der Waals surface area (Å²) in [5, 5.41) is 9.09. The number of hydrogen-bond acceptors (Lipinski definition) is 2. The van der Waals surface area contributed by atoms with Crippen LogP contribution in [0.5, 0.6) is 0 Å². The first-order valence-corrected chi connectivity index (χ1v) is 7.37. The van der Waals surface area contributed by atoms with Gasteiger partial charge in [0.05, 0.1) is 6.42 Å². The Hall–Kier alpha value is -1.35. The third kappa shape index (κ3) is 2.88. The summed E-state index contributed by atoms with van der Waals surface area (Å²) in [7, 11) is 0. The van der Waals surface area contributed by atoms with Crippen molar-refractivity contribution in [1.29, 1.82) is 0 Å². The van der Waals surface area contributed by atoms with Gasteiger partial charge in [0.25, 0.3) is 0 Å². The van der Waals surface area contributed by atoms with Crippen molar-refractivity contribution in [1.82, 2.24) is 0 Å². The van der Waals surface area contributed by atoms with Crippen LogP contribution in [0.4, 0.5) is 0 Å². The molecule has 0 unspecified atom stereocenters. The van der Waals surface area contributed by atoms with Gasteiger partial charge in [-0.15, -0.1) is 0 Å². The van der Waals surface area contributed by atoms with E-state index in [2.05, 4.69) is 38.1 Å². The molecule has 1 fully saturated rings. The average Bonchev–Trinajstić information content (AvgIpc) is 2.36. The summed E-state index contributed by atoms with van der Waals surface area (Å²) < 4.78 is 0. The highest BCUT2D eigenvalue weighted by Gasteiger charge is 2.55. The smallest absolute Gasteiger partial charge is 0.303 e. The number of nitrogens with two attached hydrogens (primary N) is 1. The molecule has 1 aromatic carbocycles. The Kier molecular flexibility index (Phi) is 4.19. The van der Waals surface area contributed by atoms with Crippen molar-refractivity contribution in [3.05, 3.63) is 35.9 Å². The van der Waals surface area contributed by atoms with Crippen LogP contribution in [0.15, 0.2) is 30.3 Å². The van der Waals surface area contributed by atoms with E-state index in [1.807, 2.05) is 6.07 Å². The van der Waals surface area contributed by atoms with Crippen molar-refractivity contribution in [3.63, 3.8) is 0 Å². The van der Waals surface area contributed by atoms with E-state index in [-0.39, 0.29) is 17.3 Å². The fourth-order valence-corrected chi connectivity index (χ4v) is 3.84. The van der Waals surface area contributed by atoms with E-state index in [0.717, 1.165) is 19.3 Å². The number of benzene rings is 1. The molecule has 3 N–H and O–H groups in total. The maximum atomic E-state index is 11.1. The molecule has 1 aliphatic rings. The Morgan fingerprint density at radius 2 is 1.90 bits per heavy atom. The van der Waals surface area contributed by atoms with E-state index in [1.165, 1.54) is 5.56 Å². The van der Waals surface area contributed by atoms with E-state index < -0.39 is 5.97 Å². The largest absolute Gasteiger partial charge is 0.481 e. The lowest BCUT2D eigenvalue weighted by molar-refractivity contribution is -0.147. The van der Waals surface area contributed by atoms with Gasteiger partial charge < -0.3 is 10.8 Å². The summed E-state index contributed by atoms with van der Waals surface area (Å²) >= 11 is 0. The van der Waals surface area contributed by atoms with E-state index >= 15 is 0 Å². The third-order valence-electron chi connectivity index (χ3n) is 5.04.